The number of nitrogen functional groups attached to an aromatic ring is 1. The summed E-state index contributed by atoms with van der Waals surface area (Å²) in [6.45, 7) is 1.74. The summed E-state index contributed by atoms with van der Waals surface area (Å²) in [5.41, 5.74) is 4.57. The van der Waals surface area contributed by atoms with Gasteiger partial charge in [-0.05, 0) is 102 Å². The summed E-state index contributed by atoms with van der Waals surface area (Å²) in [6, 6.07) is 1.24. The Kier molecular flexibility index (Phi) is 36.0. The summed E-state index contributed by atoms with van der Waals surface area (Å²) in [5.74, 6) is -1.44. The zero-order chi connectivity index (χ0) is 55.0. The van der Waals surface area contributed by atoms with E-state index in [1.165, 1.54) is 6.07 Å². The fourth-order valence-corrected chi connectivity index (χ4v) is 9.04. The Balaban J connectivity index is 1.84. The van der Waals surface area contributed by atoms with E-state index in [0.29, 0.717) is 32.1 Å². The SMILES string of the molecule is CC/C=C\C/C=C\C/C=C\C/C=C\C/C=C\CCCCCC(=O)OC[C@H](COP(=O)(O)OP(=O)(O)OC[C@H]1O[C@@H](n2ccc(N)nc2=O)[C@H](O)[C@@H]1O)OC(=O)CCC/C=C\C/C=C\C/C=C\C/C=C\CC(O)CCC. The van der Waals surface area contributed by atoms with Crippen molar-refractivity contribution in [1.82, 2.24) is 9.55 Å². The Bertz CT molecular complexity index is 2200. The zero-order valence-corrected chi connectivity index (χ0v) is 45.4. The van der Waals surface area contributed by atoms with E-state index in [9.17, 15) is 48.6 Å². The molecule has 0 amide bonds. The van der Waals surface area contributed by atoms with Gasteiger partial charge in [0.1, 0.15) is 30.7 Å². The molecule has 1 aromatic heterocycles. The molecule has 0 aliphatic carbocycles. The normalized spacial score (nSPS) is 20.1. The number of aromatic nitrogens is 2. The van der Waals surface area contributed by atoms with Crippen molar-refractivity contribution in [2.75, 3.05) is 25.6 Å². The Morgan fingerprint density at radius 1 is 0.707 bits per heavy atom. The highest BCUT2D eigenvalue weighted by Crippen LogP contribution is 2.60. The molecule has 8 atom stereocenters. The molecule has 0 saturated carbocycles. The summed E-state index contributed by atoms with van der Waals surface area (Å²) in [7, 11) is -10.9. The summed E-state index contributed by atoms with van der Waals surface area (Å²) >= 11 is 0. The van der Waals surface area contributed by atoms with Crippen LogP contribution in [0.25, 0.3) is 0 Å². The minimum absolute atomic E-state index is 0.0552. The number of unbranched alkanes of at least 4 members (excludes halogenated alkanes) is 4. The van der Waals surface area contributed by atoms with Crippen LogP contribution in [-0.2, 0) is 46.3 Å². The lowest BCUT2D eigenvalue weighted by atomic mass is 10.1. The second kappa shape index (κ2) is 40.6. The van der Waals surface area contributed by atoms with Crippen molar-refractivity contribution >= 4 is 33.4 Å². The van der Waals surface area contributed by atoms with Crippen LogP contribution in [0.1, 0.15) is 142 Å². The number of hydrogen-bond acceptors (Lipinski definition) is 16. The number of phosphoric acid groups is 2. The number of allylic oxidation sites excluding steroid dienone is 17. The minimum atomic E-state index is -5.46. The van der Waals surface area contributed by atoms with Crippen molar-refractivity contribution in [3.05, 3.63) is 132 Å². The van der Waals surface area contributed by atoms with Crippen molar-refractivity contribution in [3.63, 3.8) is 0 Å². The van der Waals surface area contributed by atoms with Crippen LogP contribution in [0.3, 0.4) is 0 Å². The first-order valence-corrected chi connectivity index (χ1v) is 29.0. The van der Waals surface area contributed by atoms with Gasteiger partial charge in [0.05, 0.1) is 19.3 Å². The second-order valence-electron chi connectivity index (χ2n) is 17.5. The molecule has 21 heteroatoms. The molecule has 1 fully saturated rings. The molecular weight excluding hydrogens is 1010 g/mol. The molecule has 0 radical (unpaired) electrons. The van der Waals surface area contributed by atoms with Gasteiger partial charge in [-0.15, -0.1) is 0 Å². The highest BCUT2D eigenvalue weighted by molar-refractivity contribution is 7.61. The summed E-state index contributed by atoms with van der Waals surface area (Å²) in [5, 5.41) is 30.7. The van der Waals surface area contributed by atoms with Crippen LogP contribution in [0, 0.1) is 0 Å². The van der Waals surface area contributed by atoms with Gasteiger partial charge in [-0.3, -0.25) is 23.2 Å². The third-order valence-corrected chi connectivity index (χ3v) is 13.5. The largest absolute Gasteiger partial charge is 0.481 e. The number of rotatable bonds is 41. The first kappa shape index (κ1) is 66.5. The van der Waals surface area contributed by atoms with Crippen LogP contribution in [0.2, 0.25) is 0 Å². The zero-order valence-electron chi connectivity index (χ0n) is 43.7. The summed E-state index contributed by atoms with van der Waals surface area (Å²) < 4.78 is 56.7. The average Bonchev–Trinajstić information content (AvgIpc) is 3.64. The molecule has 7 N–H and O–H groups in total. The maximum atomic E-state index is 12.9. The topological polar surface area (TPSA) is 286 Å². The molecule has 0 bridgehead atoms. The Labute approximate surface area is 443 Å². The van der Waals surface area contributed by atoms with Gasteiger partial charge in [-0.25, -0.2) is 13.9 Å². The third kappa shape index (κ3) is 33.2. The average molecular weight is 1090 g/mol. The molecule has 19 nitrogen and oxygen atoms in total. The summed E-state index contributed by atoms with van der Waals surface area (Å²) in [6.07, 6.45) is 43.8. The highest BCUT2D eigenvalue weighted by Gasteiger charge is 2.46. The quantitative estimate of drug-likeness (QED) is 0.0154. The molecule has 0 aromatic carbocycles. The molecule has 1 aliphatic heterocycles. The molecule has 2 heterocycles. The van der Waals surface area contributed by atoms with E-state index in [1.54, 1.807) is 0 Å². The van der Waals surface area contributed by atoms with E-state index < -0.39 is 83.7 Å². The number of nitrogens with two attached hydrogens (primary N) is 1. The molecule has 1 saturated heterocycles. The predicted molar refractivity (Wildman–Crippen MR) is 290 cm³/mol. The predicted octanol–water partition coefficient (Wildman–Crippen LogP) is 9.97. The number of anilines is 1. The molecule has 1 aromatic rings. The number of ether oxygens (including phenoxy) is 3. The lowest BCUT2D eigenvalue weighted by Gasteiger charge is -2.21. The van der Waals surface area contributed by atoms with E-state index in [0.717, 1.165) is 87.8 Å². The molecule has 0 spiro atoms. The summed E-state index contributed by atoms with van der Waals surface area (Å²) in [4.78, 5) is 61.9. The number of nitrogens with zero attached hydrogens (tertiary/aromatic N) is 2. The van der Waals surface area contributed by atoms with Gasteiger partial charge in [0.2, 0.25) is 0 Å². The number of carbonyl (C=O) groups is 2. The van der Waals surface area contributed by atoms with Gasteiger partial charge in [-0.1, -0.05) is 136 Å². The maximum Gasteiger partial charge on any atom is 0.481 e. The number of hydrogen-bond donors (Lipinski definition) is 6. The Hall–Kier alpha value is -4.62. The minimum Gasteiger partial charge on any atom is -0.462 e. The molecule has 2 rings (SSSR count). The van der Waals surface area contributed by atoms with Crippen molar-refractivity contribution in [1.29, 1.82) is 0 Å². The molecule has 1 aliphatic rings. The molecule has 420 valence electrons. The van der Waals surface area contributed by atoms with Gasteiger partial charge in [0.15, 0.2) is 12.3 Å². The van der Waals surface area contributed by atoms with E-state index in [-0.39, 0.29) is 24.8 Å². The molecule has 75 heavy (non-hydrogen) atoms. The number of carbonyl (C=O) groups excluding carboxylic acids is 2. The number of aliphatic hydroxyl groups excluding tert-OH is 3. The highest BCUT2D eigenvalue weighted by atomic mass is 31.3. The van der Waals surface area contributed by atoms with E-state index in [1.807, 2.05) is 43.4 Å². The van der Waals surface area contributed by atoms with Crippen molar-refractivity contribution in [3.8, 4) is 0 Å². The van der Waals surface area contributed by atoms with Crippen molar-refractivity contribution in [2.45, 2.75) is 173 Å². The standard InChI is InChI=1S/C54H83N3O16P2/c1-3-5-6-7-8-9-10-11-12-13-14-15-16-19-22-25-28-31-34-38-49(59)68-42-46(71-50(60)39-35-32-29-26-23-20-17-18-21-24-27-30-33-37-45(58)36-4-2)43-69-74(64,65)73-75(66,67)70-44-47-51(61)52(62)53(72-47)57-41-40-48(55)56-54(57)63/h5-6,8-9,11-12,14-15,17,19-22,24,26,29-30,33,40-41,45-47,51-53,58,61-62H,3-4,7,10,13,16,18,23,25,27-28,31-32,34-39,42-44H2,1-2H3,(H,64,65)(H,66,67)(H2,55,56,63)/b6-5-,9-8-,12-11-,15-14-,20-17-,22-19-,24-21-,29-26-,33-30-/t45?,46-,47-,51-,52-,53-/m1/s1. The van der Waals surface area contributed by atoms with Gasteiger partial charge in [0.25, 0.3) is 0 Å². The number of phosphoric ester groups is 2. The Morgan fingerprint density at radius 2 is 1.23 bits per heavy atom. The van der Waals surface area contributed by atoms with Crippen LogP contribution < -0.4 is 11.4 Å². The fraction of sp³-hybridized carbons (Fsp3) is 0.556. The van der Waals surface area contributed by atoms with Gasteiger partial charge >= 0.3 is 33.3 Å². The van der Waals surface area contributed by atoms with Gasteiger partial charge in [0, 0.05) is 19.0 Å². The van der Waals surface area contributed by atoms with E-state index >= 15 is 0 Å². The smallest absolute Gasteiger partial charge is 0.462 e. The van der Waals surface area contributed by atoms with Crippen LogP contribution in [-0.4, -0.2) is 96.9 Å². The van der Waals surface area contributed by atoms with Gasteiger partial charge in [-0.2, -0.15) is 9.29 Å². The van der Waals surface area contributed by atoms with E-state index in [4.69, 9.17) is 29.0 Å². The van der Waals surface area contributed by atoms with Gasteiger partial charge < -0.3 is 45.1 Å². The first-order valence-electron chi connectivity index (χ1n) is 26.0. The first-order chi connectivity index (χ1) is 36.1. The van der Waals surface area contributed by atoms with Crippen molar-refractivity contribution in [2.24, 2.45) is 0 Å². The monoisotopic (exact) mass is 1090 g/mol. The number of aliphatic hydroxyl groups is 3. The van der Waals surface area contributed by atoms with Crippen molar-refractivity contribution < 1.29 is 71.4 Å². The molecular formula is C54H83N3O16P2. The lowest BCUT2D eigenvalue weighted by Crippen LogP contribution is -2.36. The number of esters is 2. The van der Waals surface area contributed by atoms with E-state index in [2.05, 4.69) is 89.1 Å². The fourth-order valence-electron chi connectivity index (χ4n) is 6.93. The van der Waals surface area contributed by atoms with Crippen LogP contribution in [0.4, 0.5) is 5.82 Å². The molecule has 3 unspecified atom stereocenters. The third-order valence-electron chi connectivity index (χ3n) is 10.9. The maximum absolute atomic E-state index is 12.9. The lowest BCUT2D eigenvalue weighted by molar-refractivity contribution is -0.161. The van der Waals surface area contributed by atoms with Crippen LogP contribution in [0.15, 0.2) is 126 Å². The second-order valence-corrected chi connectivity index (χ2v) is 20.5. The Morgan fingerprint density at radius 3 is 1.79 bits per heavy atom. The van der Waals surface area contributed by atoms with Crippen LogP contribution >= 0.6 is 15.6 Å². The van der Waals surface area contributed by atoms with Crippen LogP contribution in [0.5, 0.6) is 0 Å².